The Kier molecular flexibility index (Phi) is 4.25. The van der Waals surface area contributed by atoms with E-state index in [4.69, 9.17) is 23.2 Å². The van der Waals surface area contributed by atoms with E-state index in [1.54, 1.807) is 0 Å². The number of nitrogens with one attached hydrogen (secondary N) is 1. The third-order valence-corrected chi connectivity index (χ3v) is 4.74. The van der Waals surface area contributed by atoms with Crippen LogP contribution in [0.1, 0.15) is 32.8 Å². The molecule has 0 spiro atoms. The molecule has 1 saturated carbocycles. The van der Waals surface area contributed by atoms with Crippen LogP contribution in [0.3, 0.4) is 0 Å². The van der Waals surface area contributed by atoms with Crippen LogP contribution in [0, 0.1) is 11.8 Å². The number of rotatable bonds is 5. The number of halogens is 2. The lowest BCUT2D eigenvalue weighted by molar-refractivity contribution is 0.515. The predicted octanol–water partition coefficient (Wildman–Crippen LogP) is 4.52. The van der Waals surface area contributed by atoms with Crippen LogP contribution in [-0.2, 0) is 5.41 Å². The van der Waals surface area contributed by atoms with Crippen LogP contribution in [0.25, 0.3) is 0 Å². The molecule has 1 aliphatic carbocycles. The smallest absolute Gasteiger partial charge is 0.0629 e. The summed E-state index contributed by atoms with van der Waals surface area (Å²) in [4.78, 5) is 0. The van der Waals surface area contributed by atoms with E-state index in [-0.39, 0.29) is 5.41 Å². The van der Waals surface area contributed by atoms with E-state index in [1.807, 2.05) is 12.1 Å². The molecule has 1 fully saturated rings. The first-order valence-corrected chi connectivity index (χ1v) is 7.36. The Morgan fingerprint density at radius 1 is 1.39 bits per heavy atom. The summed E-state index contributed by atoms with van der Waals surface area (Å²) in [6.45, 7) is 8.89. The lowest BCUT2D eigenvalue weighted by atomic mass is 9.95. The third kappa shape index (κ3) is 2.84. The van der Waals surface area contributed by atoms with E-state index >= 15 is 0 Å². The normalized spacial score (nSPS) is 26.7. The van der Waals surface area contributed by atoms with Crippen LogP contribution in [0.4, 0.5) is 0 Å². The van der Waals surface area contributed by atoms with Gasteiger partial charge in [0.05, 0.1) is 10.0 Å². The molecule has 1 aliphatic rings. The Labute approximate surface area is 120 Å². The second-order valence-corrected chi connectivity index (χ2v) is 6.76. The van der Waals surface area contributed by atoms with Crippen molar-refractivity contribution in [2.75, 3.05) is 13.1 Å². The van der Waals surface area contributed by atoms with Crippen molar-refractivity contribution in [3.05, 3.63) is 33.8 Å². The predicted molar refractivity (Wildman–Crippen MR) is 79.6 cm³/mol. The fourth-order valence-corrected chi connectivity index (χ4v) is 3.09. The first kappa shape index (κ1) is 14.2. The van der Waals surface area contributed by atoms with E-state index in [2.05, 4.69) is 32.2 Å². The molecule has 2 rings (SSSR count). The molecule has 1 N–H and O–H groups in total. The molecule has 1 aromatic rings. The van der Waals surface area contributed by atoms with Gasteiger partial charge < -0.3 is 5.32 Å². The van der Waals surface area contributed by atoms with Gasteiger partial charge in [-0.05, 0) is 48.4 Å². The SMILES string of the molecule is CC(C)CNCC1CC1(C)c1cccc(Cl)c1Cl. The maximum atomic E-state index is 6.32. The van der Waals surface area contributed by atoms with Gasteiger partial charge in [-0.15, -0.1) is 0 Å². The highest BCUT2D eigenvalue weighted by atomic mass is 35.5. The summed E-state index contributed by atoms with van der Waals surface area (Å²) >= 11 is 12.4. The summed E-state index contributed by atoms with van der Waals surface area (Å²) in [6, 6.07) is 5.95. The van der Waals surface area contributed by atoms with Gasteiger partial charge in [-0.2, -0.15) is 0 Å². The van der Waals surface area contributed by atoms with Gasteiger partial charge in [0.1, 0.15) is 0 Å². The van der Waals surface area contributed by atoms with Crippen molar-refractivity contribution in [3.8, 4) is 0 Å². The minimum absolute atomic E-state index is 0.200. The molecule has 100 valence electrons. The molecule has 1 aromatic carbocycles. The summed E-state index contributed by atoms with van der Waals surface area (Å²) < 4.78 is 0. The van der Waals surface area contributed by atoms with Gasteiger partial charge in [0.25, 0.3) is 0 Å². The zero-order chi connectivity index (χ0) is 13.3. The molecule has 18 heavy (non-hydrogen) atoms. The highest BCUT2D eigenvalue weighted by Crippen LogP contribution is 2.56. The van der Waals surface area contributed by atoms with Crippen molar-refractivity contribution < 1.29 is 0 Å². The van der Waals surface area contributed by atoms with E-state index < -0.39 is 0 Å². The van der Waals surface area contributed by atoms with Gasteiger partial charge in [0.2, 0.25) is 0 Å². The third-order valence-electron chi connectivity index (χ3n) is 3.92. The van der Waals surface area contributed by atoms with Crippen molar-refractivity contribution in [3.63, 3.8) is 0 Å². The minimum atomic E-state index is 0.200. The van der Waals surface area contributed by atoms with Gasteiger partial charge in [0.15, 0.2) is 0 Å². The second-order valence-electron chi connectivity index (χ2n) is 5.97. The first-order valence-electron chi connectivity index (χ1n) is 6.60. The molecule has 0 saturated heterocycles. The molecule has 0 bridgehead atoms. The van der Waals surface area contributed by atoms with E-state index in [0.29, 0.717) is 16.9 Å². The average Bonchev–Trinajstić information content (AvgIpc) is 2.94. The maximum absolute atomic E-state index is 6.32. The van der Waals surface area contributed by atoms with Crippen LogP contribution < -0.4 is 5.32 Å². The standard InChI is InChI=1S/C15H21Cl2N/c1-10(2)8-18-9-11-7-15(11,3)12-5-4-6-13(16)14(12)17/h4-6,10-11,18H,7-9H2,1-3H3. The van der Waals surface area contributed by atoms with Crippen molar-refractivity contribution in [1.82, 2.24) is 5.32 Å². The molecule has 2 unspecified atom stereocenters. The van der Waals surface area contributed by atoms with Gasteiger partial charge in [-0.3, -0.25) is 0 Å². The van der Waals surface area contributed by atoms with Crippen molar-refractivity contribution in [2.24, 2.45) is 11.8 Å². The molecule has 3 heteroatoms. The molecule has 0 amide bonds. The van der Waals surface area contributed by atoms with E-state index in [1.165, 1.54) is 12.0 Å². The summed E-state index contributed by atoms with van der Waals surface area (Å²) in [6.07, 6.45) is 1.19. The topological polar surface area (TPSA) is 12.0 Å². The van der Waals surface area contributed by atoms with Crippen LogP contribution in [0.15, 0.2) is 18.2 Å². The van der Waals surface area contributed by atoms with Crippen molar-refractivity contribution in [1.29, 1.82) is 0 Å². The lowest BCUT2D eigenvalue weighted by Gasteiger charge is -2.15. The summed E-state index contributed by atoms with van der Waals surface area (Å²) in [5, 5.41) is 4.92. The molecule has 0 radical (unpaired) electrons. The Balaban J connectivity index is 2.00. The Bertz CT molecular complexity index is 431. The van der Waals surface area contributed by atoms with E-state index in [0.717, 1.165) is 18.1 Å². The number of hydrogen-bond acceptors (Lipinski definition) is 1. The highest BCUT2D eigenvalue weighted by Gasteiger charge is 2.51. The van der Waals surface area contributed by atoms with Gasteiger partial charge in [-0.25, -0.2) is 0 Å². The first-order chi connectivity index (χ1) is 8.45. The Morgan fingerprint density at radius 2 is 2.11 bits per heavy atom. The minimum Gasteiger partial charge on any atom is -0.316 e. The maximum Gasteiger partial charge on any atom is 0.0629 e. The average molecular weight is 286 g/mol. The van der Waals surface area contributed by atoms with Crippen LogP contribution in [-0.4, -0.2) is 13.1 Å². The molecule has 2 atom stereocenters. The summed E-state index contributed by atoms with van der Waals surface area (Å²) in [7, 11) is 0. The number of benzene rings is 1. The van der Waals surface area contributed by atoms with Gasteiger partial charge in [0, 0.05) is 0 Å². The van der Waals surface area contributed by atoms with Crippen LogP contribution in [0.2, 0.25) is 10.0 Å². The van der Waals surface area contributed by atoms with E-state index in [9.17, 15) is 0 Å². The quantitative estimate of drug-likeness (QED) is 0.839. The monoisotopic (exact) mass is 285 g/mol. The zero-order valence-electron chi connectivity index (χ0n) is 11.3. The fraction of sp³-hybridized carbons (Fsp3) is 0.600. The van der Waals surface area contributed by atoms with Crippen LogP contribution in [0.5, 0.6) is 0 Å². The number of hydrogen-bond donors (Lipinski definition) is 1. The van der Waals surface area contributed by atoms with Gasteiger partial charge in [-0.1, -0.05) is 56.1 Å². The Morgan fingerprint density at radius 3 is 2.78 bits per heavy atom. The summed E-state index contributed by atoms with van der Waals surface area (Å²) in [5.41, 5.74) is 1.40. The summed E-state index contributed by atoms with van der Waals surface area (Å²) in [5.74, 6) is 1.37. The second kappa shape index (κ2) is 5.40. The molecule has 1 nitrogen and oxygen atoms in total. The largest absolute Gasteiger partial charge is 0.316 e. The fourth-order valence-electron chi connectivity index (χ4n) is 2.57. The molecule has 0 aliphatic heterocycles. The molecule has 0 heterocycles. The zero-order valence-corrected chi connectivity index (χ0v) is 12.8. The lowest BCUT2D eigenvalue weighted by Crippen LogP contribution is -2.24. The molecule has 0 aromatic heterocycles. The molecular weight excluding hydrogens is 265 g/mol. The molecular formula is C15H21Cl2N. The van der Waals surface area contributed by atoms with Crippen molar-refractivity contribution >= 4 is 23.2 Å². The Hall–Kier alpha value is -0.240. The van der Waals surface area contributed by atoms with Crippen molar-refractivity contribution in [2.45, 2.75) is 32.6 Å². The van der Waals surface area contributed by atoms with Crippen LogP contribution >= 0.6 is 23.2 Å². The van der Waals surface area contributed by atoms with Gasteiger partial charge >= 0.3 is 0 Å². The highest BCUT2D eigenvalue weighted by molar-refractivity contribution is 6.42.